The number of carbonyl (C=O) groups excluding carboxylic acids is 1. The van der Waals surface area contributed by atoms with Crippen LogP contribution in [0.25, 0.3) is 10.2 Å². The predicted octanol–water partition coefficient (Wildman–Crippen LogP) is 3.03. The second-order valence-electron chi connectivity index (χ2n) is 5.53. The van der Waals surface area contributed by atoms with E-state index in [-0.39, 0.29) is 12.3 Å². The van der Waals surface area contributed by atoms with E-state index in [0.717, 1.165) is 21.5 Å². The number of ether oxygens (including phenoxy) is 2. The van der Waals surface area contributed by atoms with E-state index in [1.807, 2.05) is 53.1 Å². The van der Waals surface area contributed by atoms with Gasteiger partial charge in [-0.05, 0) is 29.8 Å². The van der Waals surface area contributed by atoms with E-state index in [1.165, 1.54) is 11.3 Å². The summed E-state index contributed by atoms with van der Waals surface area (Å²) < 4.78 is 13.5. The molecule has 0 N–H and O–H groups in total. The number of para-hydroxylation sites is 1. The number of carbonyl (C=O) groups is 1. The number of aromatic nitrogens is 1. The second kappa shape index (κ2) is 8.09. The molecule has 0 aliphatic heterocycles. The van der Waals surface area contributed by atoms with Gasteiger partial charge in [0.05, 0.1) is 30.4 Å². The highest BCUT2D eigenvalue weighted by Crippen LogP contribution is 2.17. The van der Waals surface area contributed by atoms with Crippen LogP contribution in [-0.4, -0.2) is 31.3 Å². The first-order valence-electron chi connectivity index (χ1n) is 7.99. The number of hydrogen-bond donors (Lipinski definition) is 0. The molecule has 2 aromatic carbocycles. The largest absolute Gasteiger partial charge is 0.497 e. The smallest absolute Gasteiger partial charge is 0.252 e. The fourth-order valence-electron chi connectivity index (χ4n) is 2.61. The van der Waals surface area contributed by atoms with Crippen molar-refractivity contribution in [2.75, 3.05) is 20.8 Å². The lowest BCUT2D eigenvalue weighted by Crippen LogP contribution is -2.19. The van der Waals surface area contributed by atoms with Crippen LogP contribution in [0.1, 0.15) is 5.56 Å². The van der Waals surface area contributed by atoms with Crippen LogP contribution in [0.15, 0.2) is 53.5 Å². The Labute approximate surface area is 150 Å². The molecule has 6 heteroatoms. The van der Waals surface area contributed by atoms with Crippen molar-refractivity contribution in [1.29, 1.82) is 0 Å². The Balaban J connectivity index is 1.92. The number of rotatable bonds is 6. The number of thiazole rings is 1. The number of benzene rings is 2. The SMILES string of the molecule is COCCn1c(=NC(=O)Cc2cccc(OC)c2)sc2ccccc21. The zero-order valence-electron chi connectivity index (χ0n) is 14.3. The summed E-state index contributed by atoms with van der Waals surface area (Å²) in [5, 5.41) is 0. The van der Waals surface area contributed by atoms with Crippen LogP contribution in [0.2, 0.25) is 0 Å². The van der Waals surface area contributed by atoms with Crippen LogP contribution >= 0.6 is 11.3 Å². The van der Waals surface area contributed by atoms with E-state index in [9.17, 15) is 4.79 Å². The van der Waals surface area contributed by atoms with Crippen LogP contribution < -0.4 is 9.54 Å². The number of amides is 1. The minimum Gasteiger partial charge on any atom is -0.497 e. The fourth-order valence-corrected chi connectivity index (χ4v) is 3.68. The van der Waals surface area contributed by atoms with Gasteiger partial charge in [0.25, 0.3) is 5.91 Å². The van der Waals surface area contributed by atoms with Crippen molar-refractivity contribution in [3.05, 3.63) is 58.9 Å². The molecule has 1 amide bonds. The molecule has 0 aliphatic rings. The average Bonchev–Trinajstić information content (AvgIpc) is 2.97. The molecule has 0 saturated heterocycles. The molecule has 0 radical (unpaired) electrons. The lowest BCUT2D eigenvalue weighted by atomic mass is 10.1. The van der Waals surface area contributed by atoms with Gasteiger partial charge in [0, 0.05) is 13.7 Å². The van der Waals surface area contributed by atoms with Gasteiger partial charge in [-0.25, -0.2) is 0 Å². The summed E-state index contributed by atoms with van der Waals surface area (Å²) in [6.07, 6.45) is 0.246. The highest BCUT2D eigenvalue weighted by Gasteiger charge is 2.08. The van der Waals surface area contributed by atoms with E-state index in [1.54, 1.807) is 14.2 Å². The molecule has 1 aromatic heterocycles. The fraction of sp³-hybridized carbons (Fsp3) is 0.263. The first-order chi connectivity index (χ1) is 12.2. The molecule has 0 bridgehead atoms. The van der Waals surface area contributed by atoms with E-state index < -0.39 is 0 Å². The molecule has 0 aliphatic carbocycles. The monoisotopic (exact) mass is 356 g/mol. The van der Waals surface area contributed by atoms with E-state index in [0.29, 0.717) is 18.0 Å². The van der Waals surface area contributed by atoms with Crippen LogP contribution in [0.5, 0.6) is 5.75 Å². The van der Waals surface area contributed by atoms with Crippen LogP contribution in [0.4, 0.5) is 0 Å². The Bertz CT molecular complexity index is 943. The number of methoxy groups -OCH3 is 2. The zero-order chi connectivity index (χ0) is 17.6. The number of nitrogens with zero attached hydrogens (tertiary/aromatic N) is 2. The lowest BCUT2D eigenvalue weighted by Gasteiger charge is -2.04. The Hall–Kier alpha value is -2.44. The number of hydrogen-bond acceptors (Lipinski definition) is 4. The summed E-state index contributed by atoms with van der Waals surface area (Å²) in [5.74, 6) is 0.563. The molecule has 130 valence electrons. The van der Waals surface area contributed by atoms with Gasteiger partial charge in [0.15, 0.2) is 4.80 Å². The molecule has 1 heterocycles. The third kappa shape index (κ3) is 4.15. The van der Waals surface area contributed by atoms with Gasteiger partial charge in [-0.2, -0.15) is 4.99 Å². The van der Waals surface area contributed by atoms with Crippen molar-refractivity contribution in [3.63, 3.8) is 0 Å². The topological polar surface area (TPSA) is 52.8 Å². The van der Waals surface area contributed by atoms with Crippen molar-refractivity contribution in [3.8, 4) is 5.75 Å². The van der Waals surface area contributed by atoms with Crippen molar-refractivity contribution in [2.24, 2.45) is 4.99 Å². The Kier molecular flexibility index (Phi) is 5.63. The summed E-state index contributed by atoms with van der Waals surface area (Å²) in [7, 11) is 3.28. The molecule has 0 spiro atoms. The van der Waals surface area contributed by atoms with Crippen LogP contribution in [0.3, 0.4) is 0 Å². The first kappa shape index (κ1) is 17.4. The highest BCUT2D eigenvalue weighted by atomic mass is 32.1. The van der Waals surface area contributed by atoms with Crippen molar-refractivity contribution in [1.82, 2.24) is 4.57 Å². The summed E-state index contributed by atoms with van der Waals surface area (Å²) in [5.41, 5.74) is 1.95. The van der Waals surface area contributed by atoms with Gasteiger partial charge in [0.1, 0.15) is 5.75 Å². The molecule has 25 heavy (non-hydrogen) atoms. The minimum absolute atomic E-state index is 0.175. The van der Waals surface area contributed by atoms with Gasteiger partial charge in [-0.1, -0.05) is 35.6 Å². The molecular formula is C19H20N2O3S. The summed E-state index contributed by atoms with van der Waals surface area (Å²) in [6.45, 7) is 1.23. The first-order valence-corrected chi connectivity index (χ1v) is 8.80. The van der Waals surface area contributed by atoms with Crippen LogP contribution in [-0.2, 0) is 22.5 Å². The molecule has 0 unspecified atom stereocenters. The van der Waals surface area contributed by atoms with E-state index in [4.69, 9.17) is 9.47 Å². The van der Waals surface area contributed by atoms with E-state index in [2.05, 4.69) is 4.99 Å². The molecule has 0 atom stereocenters. The quantitative estimate of drug-likeness (QED) is 0.682. The summed E-state index contributed by atoms with van der Waals surface area (Å²) in [4.78, 5) is 17.5. The second-order valence-corrected chi connectivity index (χ2v) is 6.54. The molecule has 3 aromatic rings. The third-order valence-corrected chi connectivity index (χ3v) is 4.88. The number of fused-ring (bicyclic) bond motifs is 1. The van der Waals surface area contributed by atoms with Crippen molar-refractivity contribution < 1.29 is 14.3 Å². The Morgan fingerprint density at radius 2 is 2.00 bits per heavy atom. The van der Waals surface area contributed by atoms with Gasteiger partial charge < -0.3 is 14.0 Å². The lowest BCUT2D eigenvalue weighted by molar-refractivity contribution is -0.117. The minimum atomic E-state index is -0.175. The molecule has 5 nitrogen and oxygen atoms in total. The van der Waals surface area contributed by atoms with Crippen LogP contribution in [0, 0.1) is 0 Å². The maximum absolute atomic E-state index is 12.4. The van der Waals surface area contributed by atoms with Gasteiger partial charge in [0.2, 0.25) is 0 Å². The zero-order valence-corrected chi connectivity index (χ0v) is 15.1. The third-order valence-electron chi connectivity index (χ3n) is 3.82. The van der Waals surface area contributed by atoms with Gasteiger partial charge >= 0.3 is 0 Å². The Morgan fingerprint density at radius 3 is 2.80 bits per heavy atom. The highest BCUT2D eigenvalue weighted by molar-refractivity contribution is 7.16. The van der Waals surface area contributed by atoms with E-state index >= 15 is 0 Å². The van der Waals surface area contributed by atoms with Gasteiger partial charge in [-0.15, -0.1) is 0 Å². The average molecular weight is 356 g/mol. The molecule has 0 fully saturated rings. The normalized spacial score (nSPS) is 11.8. The molecule has 3 rings (SSSR count). The summed E-state index contributed by atoms with van der Waals surface area (Å²) >= 11 is 1.52. The van der Waals surface area contributed by atoms with Gasteiger partial charge in [-0.3, -0.25) is 4.79 Å². The summed E-state index contributed by atoms with van der Waals surface area (Å²) in [6, 6.07) is 15.5. The maximum Gasteiger partial charge on any atom is 0.252 e. The molecular weight excluding hydrogens is 336 g/mol. The predicted molar refractivity (Wildman–Crippen MR) is 99.0 cm³/mol. The Morgan fingerprint density at radius 1 is 1.16 bits per heavy atom. The van der Waals surface area contributed by atoms with Crippen molar-refractivity contribution >= 4 is 27.5 Å². The van der Waals surface area contributed by atoms with Crippen molar-refractivity contribution in [2.45, 2.75) is 13.0 Å². The molecule has 0 saturated carbocycles. The standard InChI is InChI=1S/C19H20N2O3S/c1-23-11-10-21-16-8-3-4-9-17(16)25-19(21)20-18(22)13-14-6-5-7-15(12-14)24-2/h3-9,12H,10-11,13H2,1-2H3. The maximum atomic E-state index is 12.4.